The Morgan fingerprint density at radius 1 is 1.05 bits per heavy atom. The minimum atomic E-state index is -1.11. The van der Waals surface area contributed by atoms with E-state index in [-0.39, 0.29) is 23.8 Å². The topological polar surface area (TPSA) is 108 Å². The maximum Gasteiger partial charge on any atom is 0.349 e. The molecule has 42 heavy (non-hydrogen) atoms. The van der Waals surface area contributed by atoms with Crippen LogP contribution < -0.4 is 16.0 Å². The first-order chi connectivity index (χ1) is 20.3. The lowest BCUT2D eigenvalue weighted by molar-refractivity contribution is -0.158. The first kappa shape index (κ1) is 29.4. The molecule has 2 aromatic carbocycles. The van der Waals surface area contributed by atoms with E-state index in [0.29, 0.717) is 43.8 Å². The van der Waals surface area contributed by atoms with Gasteiger partial charge in [0.1, 0.15) is 11.4 Å². The molecule has 1 N–H and O–H groups in total. The van der Waals surface area contributed by atoms with Crippen LogP contribution in [0.3, 0.4) is 0 Å². The molecule has 0 bridgehead atoms. The summed E-state index contributed by atoms with van der Waals surface area (Å²) in [5.74, 6) is 0.259. The van der Waals surface area contributed by atoms with E-state index in [4.69, 9.17) is 9.47 Å². The Morgan fingerprint density at radius 3 is 2.62 bits per heavy atom. The van der Waals surface area contributed by atoms with Crippen LogP contribution in [-0.4, -0.2) is 37.5 Å². The largest absolute Gasteiger partial charge is 0.476 e. The summed E-state index contributed by atoms with van der Waals surface area (Å²) in [5, 5.41) is 5.74. The summed E-state index contributed by atoms with van der Waals surface area (Å²) in [6, 6.07) is 15.6. The molecule has 0 amide bonds. The Morgan fingerprint density at radius 2 is 1.83 bits per heavy atom. The number of para-hydroxylation sites is 1. The van der Waals surface area contributed by atoms with Gasteiger partial charge in [-0.25, -0.2) is 14.3 Å². The van der Waals surface area contributed by atoms with Gasteiger partial charge in [-0.05, 0) is 82.2 Å². The van der Waals surface area contributed by atoms with Gasteiger partial charge in [-0.2, -0.15) is 5.10 Å². The van der Waals surface area contributed by atoms with E-state index in [2.05, 4.69) is 16.1 Å². The Hall–Kier alpha value is -4.14. The van der Waals surface area contributed by atoms with Crippen LogP contribution in [0.25, 0.3) is 10.9 Å². The van der Waals surface area contributed by atoms with Crippen molar-refractivity contribution in [2.24, 2.45) is 0 Å². The Bertz CT molecular complexity index is 1660. The number of aromatic nitrogens is 4. The van der Waals surface area contributed by atoms with Gasteiger partial charge < -0.3 is 14.5 Å². The summed E-state index contributed by atoms with van der Waals surface area (Å²) in [4.78, 5) is 42.6. The molecule has 9 nitrogen and oxygen atoms in total. The van der Waals surface area contributed by atoms with Crippen LogP contribution in [0.4, 0.5) is 0 Å². The van der Waals surface area contributed by atoms with Gasteiger partial charge >= 0.3 is 11.7 Å². The molecule has 0 saturated heterocycles. The molecular weight excluding hydrogens is 532 g/mol. The van der Waals surface area contributed by atoms with Gasteiger partial charge in [-0.3, -0.25) is 9.36 Å². The molecule has 1 saturated carbocycles. The van der Waals surface area contributed by atoms with Crippen molar-refractivity contribution in [3.05, 3.63) is 92.4 Å². The molecule has 0 spiro atoms. The van der Waals surface area contributed by atoms with Gasteiger partial charge in [0.05, 0.1) is 6.61 Å². The number of fused-ring (bicyclic) bond motifs is 1. The van der Waals surface area contributed by atoms with Gasteiger partial charge in [0.2, 0.25) is 0 Å². The quantitative estimate of drug-likeness (QED) is 0.236. The average Bonchev–Trinajstić information content (AvgIpc) is 3.65. The highest BCUT2D eigenvalue weighted by Gasteiger charge is 2.31. The zero-order chi connectivity index (χ0) is 29.7. The van der Waals surface area contributed by atoms with Crippen LogP contribution in [0.5, 0.6) is 5.75 Å². The number of benzene rings is 2. The number of H-pyrrole nitrogens is 1. The number of aromatic amines is 1. The number of carbonyl (C=O) groups excluding carboxylic acids is 1. The van der Waals surface area contributed by atoms with E-state index in [0.717, 1.165) is 47.7 Å². The first-order valence-corrected chi connectivity index (χ1v) is 15.0. The fourth-order valence-electron chi connectivity index (χ4n) is 5.79. The van der Waals surface area contributed by atoms with E-state index >= 15 is 0 Å². The van der Waals surface area contributed by atoms with E-state index in [1.165, 1.54) is 9.25 Å². The molecule has 1 aliphatic carbocycles. The Balaban J connectivity index is 1.32. The lowest BCUT2D eigenvalue weighted by atomic mass is 10.0. The summed E-state index contributed by atoms with van der Waals surface area (Å²) in [6.45, 7) is 6.12. The smallest absolute Gasteiger partial charge is 0.349 e. The zero-order valence-corrected chi connectivity index (χ0v) is 24.7. The molecule has 0 unspecified atom stereocenters. The van der Waals surface area contributed by atoms with Crippen LogP contribution in [-0.2, 0) is 35.5 Å². The van der Waals surface area contributed by atoms with Gasteiger partial charge in [-0.15, -0.1) is 0 Å². The fourth-order valence-corrected chi connectivity index (χ4v) is 5.79. The molecule has 2 aromatic heterocycles. The van der Waals surface area contributed by atoms with E-state index in [1.54, 1.807) is 20.8 Å². The molecular formula is C33H40N4O5. The Labute approximate surface area is 245 Å². The minimum absolute atomic E-state index is 0.0975. The molecule has 5 rings (SSSR count). The zero-order valence-electron chi connectivity index (χ0n) is 24.7. The SMILES string of the molecule is CCOC(=O)C(C)(C)Oc1cccc(CCCn2nc(C3CCCC3)c(=O)n(CCc3c[nH]c4ccccc34)c2=O)c1. The molecule has 0 atom stereocenters. The maximum absolute atomic E-state index is 13.5. The normalized spacial score (nSPS) is 14.0. The van der Waals surface area contributed by atoms with Gasteiger partial charge in [0.25, 0.3) is 5.56 Å². The van der Waals surface area contributed by atoms with Crippen molar-refractivity contribution in [1.29, 1.82) is 0 Å². The van der Waals surface area contributed by atoms with E-state index in [9.17, 15) is 14.4 Å². The lowest BCUT2D eigenvalue weighted by Crippen LogP contribution is -2.44. The molecule has 1 aliphatic rings. The molecule has 0 radical (unpaired) electrons. The third-order valence-electron chi connectivity index (χ3n) is 8.04. The van der Waals surface area contributed by atoms with Gasteiger partial charge in [0.15, 0.2) is 5.60 Å². The number of hydrogen-bond acceptors (Lipinski definition) is 6. The van der Waals surface area contributed by atoms with Crippen molar-refractivity contribution in [3.63, 3.8) is 0 Å². The second kappa shape index (κ2) is 12.8. The standard InChI is InChI=1S/C33H40N4O5/c1-4-41-31(39)33(2,3)42-26-15-9-11-23(21-26)12-10-19-37-32(40)36(30(38)29(35-37)24-13-5-6-14-24)20-18-25-22-34-28-17-8-7-16-27(25)28/h7-9,11,15-17,21-22,24,34H,4-6,10,12-14,18-20H2,1-3H3. The third kappa shape index (κ3) is 6.50. The summed E-state index contributed by atoms with van der Waals surface area (Å²) >= 11 is 0. The first-order valence-electron chi connectivity index (χ1n) is 15.0. The number of aryl methyl sites for hydroxylation is 3. The minimum Gasteiger partial charge on any atom is -0.476 e. The third-order valence-corrected chi connectivity index (χ3v) is 8.04. The van der Waals surface area contributed by atoms with E-state index < -0.39 is 11.6 Å². The van der Waals surface area contributed by atoms with Crippen LogP contribution in [0, 0.1) is 0 Å². The Kier molecular flexibility index (Phi) is 8.94. The van der Waals surface area contributed by atoms with Crippen molar-refractivity contribution < 1.29 is 14.3 Å². The number of ether oxygens (including phenoxy) is 2. The average molecular weight is 573 g/mol. The van der Waals surface area contributed by atoms with Gasteiger partial charge in [-0.1, -0.05) is 43.2 Å². The summed E-state index contributed by atoms with van der Waals surface area (Å²) in [6.07, 6.45) is 7.87. The number of nitrogens with zero attached hydrogens (tertiary/aromatic N) is 3. The maximum atomic E-state index is 13.5. The van der Waals surface area contributed by atoms with Crippen LogP contribution in [0.2, 0.25) is 0 Å². The lowest BCUT2D eigenvalue weighted by Gasteiger charge is -2.24. The number of hydrogen-bond donors (Lipinski definition) is 1. The summed E-state index contributed by atoms with van der Waals surface area (Å²) in [7, 11) is 0. The van der Waals surface area contributed by atoms with Crippen molar-refractivity contribution in [3.8, 4) is 5.75 Å². The summed E-state index contributed by atoms with van der Waals surface area (Å²) in [5.41, 5.74) is 1.93. The van der Waals surface area contributed by atoms with Crippen molar-refractivity contribution >= 4 is 16.9 Å². The van der Waals surface area contributed by atoms with Crippen molar-refractivity contribution in [2.45, 2.75) is 90.3 Å². The summed E-state index contributed by atoms with van der Waals surface area (Å²) < 4.78 is 13.9. The number of carbonyl (C=O) groups is 1. The fraction of sp³-hybridized carbons (Fsp3) is 0.455. The molecule has 4 aromatic rings. The molecule has 9 heteroatoms. The monoisotopic (exact) mass is 572 g/mol. The predicted octanol–water partition coefficient (Wildman–Crippen LogP) is 5.14. The number of nitrogens with one attached hydrogen (secondary N) is 1. The number of esters is 1. The van der Waals surface area contributed by atoms with Crippen LogP contribution in [0.15, 0.2) is 64.3 Å². The predicted molar refractivity (Wildman–Crippen MR) is 162 cm³/mol. The number of rotatable bonds is 12. The highest BCUT2D eigenvalue weighted by molar-refractivity contribution is 5.83. The molecule has 0 aliphatic heterocycles. The molecule has 1 fully saturated rings. The van der Waals surface area contributed by atoms with Crippen LogP contribution in [0.1, 0.15) is 75.6 Å². The van der Waals surface area contributed by atoms with Crippen molar-refractivity contribution in [1.82, 2.24) is 19.3 Å². The van der Waals surface area contributed by atoms with E-state index in [1.807, 2.05) is 48.7 Å². The van der Waals surface area contributed by atoms with Crippen molar-refractivity contribution in [2.75, 3.05) is 6.61 Å². The molecule has 222 valence electrons. The second-order valence-electron chi connectivity index (χ2n) is 11.5. The van der Waals surface area contributed by atoms with Crippen LogP contribution >= 0.6 is 0 Å². The second-order valence-corrected chi connectivity index (χ2v) is 11.5. The van der Waals surface area contributed by atoms with Gasteiger partial charge in [0, 0.05) is 36.1 Å². The highest BCUT2D eigenvalue weighted by Crippen LogP contribution is 2.31. The molecule has 2 heterocycles. The highest BCUT2D eigenvalue weighted by atomic mass is 16.6.